The van der Waals surface area contributed by atoms with Crippen molar-refractivity contribution in [1.82, 2.24) is 4.98 Å². The fraction of sp³-hybridized carbons (Fsp3) is 0. The van der Waals surface area contributed by atoms with Crippen LogP contribution in [0.5, 0.6) is 0 Å². The van der Waals surface area contributed by atoms with Crippen LogP contribution in [0.2, 0.25) is 0 Å². The quantitative estimate of drug-likeness (QED) is 0.740. The Morgan fingerprint density at radius 1 is 1.05 bits per heavy atom. The maximum absolute atomic E-state index is 9.15. The van der Waals surface area contributed by atoms with E-state index in [2.05, 4.69) is 16.4 Å². The molecule has 2 aromatic carbocycles. The van der Waals surface area contributed by atoms with E-state index in [1.807, 2.05) is 42.5 Å². The summed E-state index contributed by atoms with van der Waals surface area (Å²) in [6, 6.07) is 17.2. The number of benzene rings is 2. The number of pyridine rings is 1. The minimum Gasteiger partial charge on any atom is -0.396 e. The normalized spacial score (nSPS) is 10.2. The molecule has 0 saturated carbocycles. The molecule has 0 aliphatic heterocycles. The number of nitrogens with zero attached hydrogens (tertiary/aromatic N) is 2. The van der Waals surface area contributed by atoms with Gasteiger partial charge in [0.1, 0.15) is 6.07 Å². The first kappa shape index (κ1) is 12.0. The predicted molar refractivity (Wildman–Crippen MR) is 80.6 cm³/mol. The third kappa shape index (κ3) is 2.02. The Morgan fingerprint density at radius 2 is 1.80 bits per heavy atom. The molecule has 0 saturated heterocycles. The smallest absolute Gasteiger partial charge is 0.101 e. The number of aromatic nitrogens is 1. The third-order valence-corrected chi connectivity index (χ3v) is 3.11. The van der Waals surface area contributed by atoms with Gasteiger partial charge in [0.2, 0.25) is 0 Å². The first-order valence-corrected chi connectivity index (χ1v) is 6.19. The van der Waals surface area contributed by atoms with Crippen LogP contribution >= 0.6 is 0 Å². The number of anilines is 3. The highest BCUT2D eigenvalue weighted by molar-refractivity contribution is 5.98. The number of fused-ring (bicyclic) bond motifs is 1. The molecule has 0 atom stereocenters. The van der Waals surface area contributed by atoms with Crippen molar-refractivity contribution >= 4 is 28.0 Å². The van der Waals surface area contributed by atoms with Gasteiger partial charge in [-0.2, -0.15) is 5.26 Å². The van der Waals surface area contributed by atoms with Gasteiger partial charge in [-0.1, -0.05) is 30.3 Å². The molecule has 4 nitrogen and oxygen atoms in total. The van der Waals surface area contributed by atoms with Crippen molar-refractivity contribution in [3.8, 4) is 6.07 Å². The molecule has 0 aliphatic carbocycles. The topological polar surface area (TPSA) is 74.7 Å². The maximum Gasteiger partial charge on any atom is 0.101 e. The summed E-state index contributed by atoms with van der Waals surface area (Å²) < 4.78 is 0. The molecule has 0 bridgehead atoms. The molecule has 0 aliphatic rings. The highest BCUT2D eigenvalue weighted by Crippen LogP contribution is 2.31. The lowest BCUT2D eigenvalue weighted by atomic mass is 10.1. The number of para-hydroxylation sites is 2. The standard InChI is InChI=1S/C16H12N4/c17-9-11-5-1-3-7-14(11)20-16-12-6-2-4-8-15(12)19-10-13(16)18/h1-8,10H,18H2,(H,19,20). The lowest BCUT2D eigenvalue weighted by Crippen LogP contribution is -2.00. The van der Waals surface area contributed by atoms with Gasteiger partial charge in [-0.15, -0.1) is 0 Å². The number of rotatable bonds is 2. The van der Waals surface area contributed by atoms with Crippen LogP contribution in [0.3, 0.4) is 0 Å². The van der Waals surface area contributed by atoms with E-state index in [0.29, 0.717) is 11.3 Å². The summed E-state index contributed by atoms with van der Waals surface area (Å²) in [5.74, 6) is 0. The molecule has 1 aromatic heterocycles. The van der Waals surface area contributed by atoms with Gasteiger partial charge in [-0.3, -0.25) is 4.98 Å². The van der Waals surface area contributed by atoms with Gasteiger partial charge in [-0.05, 0) is 18.2 Å². The second-order valence-corrected chi connectivity index (χ2v) is 4.39. The van der Waals surface area contributed by atoms with E-state index in [0.717, 1.165) is 22.3 Å². The van der Waals surface area contributed by atoms with Crippen LogP contribution in [-0.2, 0) is 0 Å². The molecule has 0 radical (unpaired) electrons. The van der Waals surface area contributed by atoms with E-state index in [1.54, 1.807) is 12.3 Å². The molecule has 1 heterocycles. The first-order valence-electron chi connectivity index (χ1n) is 6.19. The third-order valence-electron chi connectivity index (χ3n) is 3.11. The van der Waals surface area contributed by atoms with E-state index in [1.165, 1.54) is 0 Å². The van der Waals surface area contributed by atoms with Crippen LogP contribution in [0.25, 0.3) is 10.9 Å². The van der Waals surface area contributed by atoms with E-state index in [9.17, 15) is 0 Å². The van der Waals surface area contributed by atoms with E-state index in [-0.39, 0.29) is 0 Å². The van der Waals surface area contributed by atoms with Crippen LogP contribution in [-0.4, -0.2) is 4.98 Å². The van der Waals surface area contributed by atoms with Gasteiger partial charge >= 0.3 is 0 Å². The average molecular weight is 260 g/mol. The molecule has 0 unspecified atom stereocenters. The van der Waals surface area contributed by atoms with Crippen molar-refractivity contribution in [2.75, 3.05) is 11.1 Å². The molecule has 0 spiro atoms. The van der Waals surface area contributed by atoms with Gasteiger partial charge in [0.15, 0.2) is 0 Å². The number of nitrogens with two attached hydrogens (primary N) is 1. The van der Waals surface area contributed by atoms with Crippen molar-refractivity contribution in [1.29, 1.82) is 5.26 Å². The van der Waals surface area contributed by atoms with Gasteiger partial charge < -0.3 is 11.1 Å². The van der Waals surface area contributed by atoms with Crippen molar-refractivity contribution in [3.63, 3.8) is 0 Å². The lowest BCUT2D eigenvalue weighted by Gasteiger charge is -2.13. The molecule has 3 N–H and O–H groups in total. The Kier molecular flexibility index (Phi) is 2.94. The number of nitrogens with one attached hydrogen (secondary N) is 1. The second-order valence-electron chi connectivity index (χ2n) is 4.39. The molecule has 0 fully saturated rings. The number of nitriles is 1. The Bertz CT molecular complexity index is 818. The monoisotopic (exact) mass is 260 g/mol. The zero-order valence-electron chi connectivity index (χ0n) is 10.7. The first-order chi connectivity index (χ1) is 9.79. The summed E-state index contributed by atoms with van der Waals surface area (Å²) >= 11 is 0. The zero-order valence-corrected chi connectivity index (χ0v) is 10.7. The second kappa shape index (κ2) is 4.90. The highest BCUT2D eigenvalue weighted by atomic mass is 14.9. The molecule has 96 valence electrons. The number of hydrogen-bond acceptors (Lipinski definition) is 4. The van der Waals surface area contributed by atoms with Crippen LogP contribution in [0.4, 0.5) is 17.1 Å². The molecule has 0 amide bonds. The summed E-state index contributed by atoms with van der Waals surface area (Å²) in [7, 11) is 0. The molecule has 20 heavy (non-hydrogen) atoms. The fourth-order valence-electron chi connectivity index (χ4n) is 2.12. The largest absolute Gasteiger partial charge is 0.396 e. The molecular weight excluding hydrogens is 248 g/mol. The van der Waals surface area contributed by atoms with Crippen LogP contribution in [0.1, 0.15) is 5.56 Å². The molecular formula is C16H12N4. The summed E-state index contributed by atoms with van der Waals surface area (Å²) in [6.45, 7) is 0. The average Bonchev–Trinajstić information content (AvgIpc) is 2.50. The van der Waals surface area contributed by atoms with Gasteiger partial charge in [0.05, 0.1) is 34.3 Å². The van der Waals surface area contributed by atoms with Crippen LogP contribution in [0.15, 0.2) is 54.7 Å². The maximum atomic E-state index is 9.15. The number of nitrogen functional groups attached to an aromatic ring is 1. The van der Waals surface area contributed by atoms with E-state index >= 15 is 0 Å². The number of hydrogen-bond donors (Lipinski definition) is 2. The Hall–Kier alpha value is -3.06. The minimum atomic E-state index is 0.552. The van der Waals surface area contributed by atoms with Crippen molar-refractivity contribution < 1.29 is 0 Å². The van der Waals surface area contributed by atoms with Crippen molar-refractivity contribution in [3.05, 3.63) is 60.3 Å². The summed E-state index contributed by atoms with van der Waals surface area (Å²) in [5, 5.41) is 13.3. The fourth-order valence-corrected chi connectivity index (χ4v) is 2.12. The van der Waals surface area contributed by atoms with E-state index in [4.69, 9.17) is 11.0 Å². The van der Waals surface area contributed by atoms with Crippen molar-refractivity contribution in [2.45, 2.75) is 0 Å². The summed E-state index contributed by atoms with van der Waals surface area (Å²) in [5.41, 5.74) is 9.52. The van der Waals surface area contributed by atoms with Crippen molar-refractivity contribution in [2.24, 2.45) is 0 Å². The molecule has 4 heteroatoms. The van der Waals surface area contributed by atoms with Gasteiger partial charge in [0.25, 0.3) is 0 Å². The highest BCUT2D eigenvalue weighted by Gasteiger charge is 2.08. The lowest BCUT2D eigenvalue weighted by molar-refractivity contribution is 1.40. The molecule has 3 rings (SSSR count). The molecule has 3 aromatic rings. The predicted octanol–water partition coefficient (Wildman–Crippen LogP) is 3.43. The Morgan fingerprint density at radius 3 is 2.65 bits per heavy atom. The van der Waals surface area contributed by atoms with E-state index < -0.39 is 0 Å². The SMILES string of the molecule is N#Cc1ccccc1Nc1c(N)cnc2ccccc12. The van der Waals surface area contributed by atoms with Gasteiger partial charge in [0, 0.05) is 5.39 Å². The summed E-state index contributed by atoms with van der Waals surface area (Å²) in [6.07, 6.45) is 1.62. The van der Waals surface area contributed by atoms with Gasteiger partial charge in [-0.25, -0.2) is 0 Å². The zero-order chi connectivity index (χ0) is 13.9. The Balaban J connectivity index is 2.16. The van der Waals surface area contributed by atoms with Crippen LogP contribution in [0, 0.1) is 11.3 Å². The summed E-state index contributed by atoms with van der Waals surface area (Å²) in [4.78, 5) is 4.30. The Labute approximate surface area is 116 Å². The minimum absolute atomic E-state index is 0.552. The van der Waals surface area contributed by atoms with Crippen LogP contribution < -0.4 is 11.1 Å².